The first-order chi connectivity index (χ1) is 11.4. The molecule has 7 heteroatoms. The molecule has 2 unspecified atom stereocenters. The van der Waals surface area contributed by atoms with Gasteiger partial charge in [0.25, 0.3) is 0 Å². The van der Waals surface area contributed by atoms with Crippen molar-refractivity contribution in [2.75, 3.05) is 6.61 Å². The monoisotopic (exact) mass is 392 g/mol. The van der Waals surface area contributed by atoms with Crippen LogP contribution in [0.3, 0.4) is 0 Å². The van der Waals surface area contributed by atoms with Crippen molar-refractivity contribution in [2.24, 2.45) is 10.8 Å². The third-order valence-electron chi connectivity index (χ3n) is 4.42. The molecule has 154 valence electrons. The van der Waals surface area contributed by atoms with E-state index in [4.69, 9.17) is 18.9 Å². The van der Waals surface area contributed by atoms with Gasteiger partial charge in [-0.1, -0.05) is 32.4 Å². The van der Waals surface area contributed by atoms with Gasteiger partial charge in [-0.3, -0.25) is 13.9 Å². The van der Waals surface area contributed by atoms with Crippen molar-refractivity contribution in [1.29, 1.82) is 0 Å². The quantitative estimate of drug-likeness (QED) is 0.261. The highest BCUT2D eigenvalue weighted by molar-refractivity contribution is 7.32. The minimum atomic E-state index is -3.09. The largest absolute Gasteiger partial charge is 0.459 e. The smallest absolute Gasteiger partial charge is 0.319 e. The van der Waals surface area contributed by atoms with Gasteiger partial charge < -0.3 is 14.4 Å². The normalized spacial score (nSPS) is 16.6. The predicted molar refractivity (Wildman–Crippen MR) is 104 cm³/mol. The summed E-state index contributed by atoms with van der Waals surface area (Å²) in [5.41, 5.74) is -0.765. The van der Waals surface area contributed by atoms with Crippen molar-refractivity contribution in [3.63, 3.8) is 0 Å². The van der Waals surface area contributed by atoms with Crippen LogP contribution in [-0.4, -0.2) is 28.9 Å². The van der Waals surface area contributed by atoms with Crippen molar-refractivity contribution in [3.05, 3.63) is 11.6 Å². The van der Waals surface area contributed by atoms with Crippen LogP contribution < -0.4 is 0 Å². The number of allylic oxidation sites excluding steroid dienone is 1. The Labute approximate surface area is 159 Å². The zero-order valence-corrected chi connectivity index (χ0v) is 19.0. The summed E-state index contributed by atoms with van der Waals surface area (Å²) in [6.45, 7) is 18.9. The Balaban J connectivity index is 5.04. The van der Waals surface area contributed by atoms with Crippen LogP contribution >= 0.6 is 8.25 Å². The molecule has 0 aromatic rings. The van der Waals surface area contributed by atoms with Crippen LogP contribution in [-0.2, 0) is 23.4 Å². The van der Waals surface area contributed by atoms with Gasteiger partial charge in [0.15, 0.2) is 5.79 Å². The van der Waals surface area contributed by atoms with Gasteiger partial charge in [-0.15, -0.1) is 0 Å². The second-order valence-corrected chi connectivity index (χ2v) is 9.93. The SMILES string of the molecule is CC(C)=CC(C)(C(=O)OC(C)(C)CCOC(C)(C)O[PH](=O)O)C(C)(C)C. The second kappa shape index (κ2) is 9.01. The molecule has 26 heavy (non-hydrogen) atoms. The van der Waals surface area contributed by atoms with Gasteiger partial charge in [0.05, 0.1) is 12.0 Å². The maximum atomic E-state index is 13.0. The van der Waals surface area contributed by atoms with Crippen molar-refractivity contribution in [1.82, 2.24) is 0 Å². The molecule has 0 bridgehead atoms. The van der Waals surface area contributed by atoms with Gasteiger partial charge in [-0.05, 0) is 53.9 Å². The van der Waals surface area contributed by atoms with E-state index in [-0.39, 0.29) is 18.0 Å². The van der Waals surface area contributed by atoms with Gasteiger partial charge in [-0.25, -0.2) is 0 Å². The lowest BCUT2D eigenvalue weighted by Gasteiger charge is -2.40. The minimum absolute atomic E-state index is 0.220. The Hall–Kier alpha value is -0.680. The first-order valence-corrected chi connectivity index (χ1v) is 10.1. The van der Waals surface area contributed by atoms with E-state index in [9.17, 15) is 9.36 Å². The number of rotatable bonds is 9. The molecule has 0 aliphatic rings. The third kappa shape index (κ3) is 8.34. The molecule has 6 nitrogen and oxygen atoms in total. The Bertz CT molecular complexity index is 541. The fourth-order valence-corrected chi connectivity index (χ4v) is 2.83. The van der Waals surface area contributed by atoms with E-state index in [0.717, 1.165) is 5.57 Å². The summed E-state index contributed by atoms with van der Waals surface area (Å²) in [6, 6.07) is 0. The fraction of sp³-hybridized carbons (Fsp3) is 0.842. The molecule has 2 atom stereocenters. The van der Waals surface area contributed by atoms with E-state index in [0.29, 0.717) is 6.42 Å². The number of hydrogen-bond donors (Lipinski definition) is 1. The lowest BCUT2D eigenvalue weighted by molar-refractivity contribution is -0.181. The molecule has 0 aromatic carbocycles. The molecule has 0 fully saturated rings. The topological polar surface area (TPSA) is 82.1 Å². The number of esters is 1. The van der Waals surface area contributed by atoms with Crippen LogP contribution in [0.2, 0.25) is 0 Å². The van der Waals surface area contributed by atoms with Gasteiger partial charge in [0.1, 0.15) is 5.60 Å². The van der Waals surface area contributed by atoms with Crippen molar-refractivity contribution in [2.45, 2.75) is 87.0 Å². The molecule has 0 aliphatic heterocycles. The Morgan fingerprint density at radius 2 is 1.54 bits per heavy atom. The minimum Gasteiger partial charge on any atom is -0.459 e. The van der Waals surface area contributed by atoms with Gasteiger partial charge >= 0.3 is 14.2 Å². The zero-order valence-electron chi connectivity index (χ0n) is 18.0. The average Bonchev–Trinajstić information content (AvgIpc) is 2.33. The average molecular weight is 392 g/mol. The van der Waals surface area contributed by atoms with Crippen LogP contribution in [0.25, 0.3) is 0 Å². The molecule has 0 saturated carbocycles. The molecule has 0 amide bonds. The summed E-state index contributed by atoms with van der Waals surface area (Å²) in [4.78, 5) is 21.8. The number of hydrogen-bond acceptors (Lipinski definition) is 5. The van der Waals surface area contributed by atoms with Crippen molar-refractivity contribution in [3.8, 4) is 0 Å². The third-order valence-corrected chi connectivity index (χ3v) is 5.08. The molecule has 0 aromatic heterocycles. The lowest BCUT2D eigenvalue weighted by Crippen LogP contribution is -2.44. The Kier molecular flexibility index (Phi) is 8.77. The van der Waals surface area contributed by atoms with Gasteiger partial charge in [0.2, 0.25) is 0 Å². The van der Waals surface area contributed by atoms with E-state index < -0.39 is 25.1 Å². The predicted octanol–water partition coefficient (Wildman–Crippen LogP) is 4.87. The van der Waals surface area contributed by atoms with Crippen LogP contribution in [0.1, 0.15) is 75.7 Å². The van der Waals surface area contributed by atoms with E-state index >= 15 is 0 Å². The second-order valence-electron chi connectivity index (χ2n) is 9.19. The van der Waals surface area contributed by atoms with Crippen LogP contribution in [0.4, 0.5) is 0 Å². The van der Waals surface area contributed by atoms with Gasteiger partial charge in [-0.2, -0.15) is 0 Å². The summed E-state index contributed by atoms with van der Waals surface area (Å²) < 4.78 is 27.0. The Morgan fingerprint density at radius 1 is 1.04 bits per heavy atom. The number of ether oxygens (including phenoxy) is 2. The summed E-state index contributed by atoms with van der Waals surface area (Å²) in [6.07, 6.45) is 2.38. The molecular formula is C19H37O6P. The highest BCUT2D eigenvalue weighted by atomic mass is 31.1. The first-order valence-electron chi connectivity index (χ1n) is 8.87. The molecule has 0 rings (SSSR count). The van der Waals surface area contributed by atoms with E-state index in [1.165, 1.54) is 0 Å². The van der Waals surface area contributed by atoms with E-state index in [1.807, 2.05) is 61.5 Å². The standard InChI is InChI=1S/C19H37O6P/c1-14(2)13-19(10,16(3,4)5)15(20)24-17(6,7)11-12-23-18(8,9)25-26(21)22/h13,26H,11-12H2,1-10H3,(H,21,22). The molecule has 0 radical (unpaired) electrons. The lowest BCUT2D eigenvalue weighted by atomic mass is 9.67. The van der Waals surface area contributed by atoms with Crippen molar-refractivity contribution >= 4 is 14.2 Å². The summed E-state index contributed by atoms with van der Waals surface area (Å²) in [5.74, 6) is -1.46. The molecule has 0 heterocycles. The summed E-state index contributed by atoms with van der Waals surface area (Å²) in [7, 11) is -3.09. The van der Waals surface area contributed by atoms with E-state index in [2.05, 4.69) is 0 Å². The first kappa shape index (κ1) is 25.3. The van der Waals surface area contributed by atoms with Crippen molar-refractivity contribution < 1.29 is 28.3 Å². The Morgan fingerprint density at radius 3 is 1.92 bits per heavy atom. The van der Waals surface area contributed by atoms with Crippen LogP contribution in [0.15, 0.2) is 11.6 Å². The maximum absolute atomic E-state index is 13.0. The summed E-state index contributed by atoms with van der Waals surface area (Å²) >= 11 is 0. The number of carbonyl (C=O) groups excluding carboxylic acids is 1. The van der Waals surface area contributed by atoms with E-state index in [1.54, 1.807) is 13.8 Å². The van der Waals surface area contributed by atoms with Crippen LogP contribution in [0.5, 0.6) is 0 Å². The maximum Gasteiger partial charge on any atom is 0.319 e. The zero-order chi connectivity index (χ0) is 21.0. The van der Waals surface area contributed by atoms with Gasteiger partial charge in [0, 0.05) is 6.42 Å². The van der Waals surface area contributed by atoms with Crippen LogP contribution in [0, 0.1) is 10.8 Å². The molecule has 0 spiro atoms. The molecule has 0 saturated heterocycles. The summed E-state index contributed by atoms with van der Waals surface area (Å²) in [5, 5.41) is 0. The molecule has 1 N–H and O–H groups in total. The highest BCUT2D eigenvalue weighted by Gasteiger charge is 2.45. The molecule has 0 aliphatic carbocycles. The number of carbonyl (C=O) groups is 1. The highest BCUT2D eigenvalue weighted by Crippen LogP contribution is 2.42. The fourth-order valence-electron chi connectivity index (χ4n) is 2.35. The molecular weight excluding hydrogens is 355 g/mol.